The van der Waals surface area contributed by atoms with Gasteiger partial charge in [0, 0.05) is 71.0 Å². The van der Waals surface area contributed by atoms with E-state index in [1.54, 1.807) is 52.0 Å². The molecule has 8 aliphatic carbocycles. The number of aliphatic hydroxyl groups is 8. The van der Waals surface area contributed by atoms with Gasteiger partial charge in [0.25, 0.3) is 0 Å². The number of ketones is 2. The molecular weight excluding hydrogens is 656 g/mol. The number of aliphatic hydroxyl groups excluding tert-OH is 4. The van der Waals surface area contributed by atoms with Crippen molar-refractivity contribution >= 4 is 11.6 Å². The van der Waals surface area contributed by atoms with Crippen molar-refractivity contribution in [1.82, 2.24) is 0 Å². The lowest BCUT2D eigenvalue weighted by atomic mass is 9.58. The molecule has 8 rings (SSSR count). The third-order valence-electron chi connectivity index (χ3n) is 16.3. The fourth-order valence-electron chi connectivity index (χ4n) is 13.6. The first-order valence-corrected chi connectivity index (χ1v) is 18.5. The number of carbonyl (C=O) groups is 2. The van der Waals surface area contributed by atoms with Gasteiger partial charge in [-0.05, 0) is 36.1 Å². The molecule has 280 valence electrons. The molecule has 51 heavy (non-hydrogen) atoms. The summed E-state index contributed by atoms with van der Waals surface area (Å²) in [5.41, 5.74) is -10.5. The van der Waals surface area contributed by atoms with E-state index in [0.29, 0.717) is 22.3 Å². The molecule has 0 spiro atoms. The minimum Gasteiger partial charge on any atom is -0.392 e. The Morgan fingerprint density at radius 2 is 0.980 bits per heavy atom. The average molecular weight is 711 g/mol. The molecule has 0 aromatic rings. The van der Waals surface area contributed by atoms with E-state index in [9.17, 15) is 50.4 Å². The van der Waals surface area contributed by atoms with Crippen LogP contribution in [0.15, 0.2) is 46.6 Å². The summed E-state index contributed by atoms with van der Waals surface area (Å²) in [6.07, 6.45) is 3.73. The Labute approximate surface area is 298 Å². The van der Waals surface area contributed by atoms with Gasteiger partial charge in [-0.1, -0.05) is 65.8 Å². The molecule has 11 nitrogen and oxygen atoms in total. The van der Waals surface area contributed by atoms with E-state index in [1.807, 2.05) is 27.7 Å². The molecule has 0 aromatic heterocycles. The molecule has 11 heteroatoms. The van der Waals surface area contributed by atoms with E-state index in [0.717, 1.165) is 0 Å². The molecule has 16 atom stereocenters. The van der Waals surface area contributed by atoms with Crippen LogP contribution in [0.1, 0.15) is 68.2 Å². The number of hydrogen-bond donors (Lipinski definition) is 8. The first-order valence-electron chi connectivity index (χ1n) is 18.5. The quantitative estimate of drug-likeness (QED) is 0.193. The zero-order chi connectivity index (χ0) is 37.6. The summed E-state index contributed by atoms with van der Waals surface area (Å²) < 4.78 is 7.42. The Bertz CT molecular complexity index is 1650. The lowest BCUT2D eigenvalue weighted by molar-refractivity contribution is -0.270. The highest BCUT2D eigenvalue weighted by atomic mass is 16.6. The highest BCUT2D eigenvalue weighted by Gasteiger charge is 2.92. The second kappa shape index (κ2) is 9.97. The number of rotatable bonds is 4. The number of ether oxygens (including phenoxy) is 1. The normalized spacial score (nSPS) is 55.7. The predicted octanol–water partition coefficient (Wildman–Crippen LogP) is 0.906. The van der Waals surface area contributed by atoms with Gasteiger partial charge in [0.2, 0.25) is 0 Å². The van der Waals surface area contributed by atoms with Crippen molar-refractivity contribution < 1.29 is 55.2 Å². The van der Waals surface area contributed by atoms with Gasteiger partial charge in [0.1, 0.15) is 22.4 Å². The number of hydrogen-bond acceptors (Lipinski definition) is 11. The summed E-state index contributed by atoms with van der Waals surface area (Å²) in [5.74, 6) is -7.72. The van der Waals surface area contributed by atoms with Crippen LogP contribution >= 0.6 is 0 Å². The van der Waals surface area contributed by atoms with Gasteiger partial charge >= 0.3 is 0 Å². The fourth-order valence-corrected chi connectivity index (χ4v) is 13.6. The molecule has 0 bridgehead atoms. The van der Waals surface area contributed by atoms with Crippen molar-refractivity contribution in [3.05, 3.63) is 46.6 Å². The van der Waals surface area contributed by atoms with E-state index >= 15 is 0 Å². The Morgan fingerprint density at radius 1 is 0.647 bits per heavy atom. The molecular formula is C40H54O11. The second-order valence-electron chi connectivity index (χ2n) is 18.9. The van der Waals surface area contributed by atoms with Crippen molar-refractivity contribution in [3.63, 3.8) is 0 Å². The Kier molecular flexibility index (Phi) is 7.03. The zero-order valence-corrected chi connectivity index (χ0v) is 30.7. The van der Waals surface area contributed by atoms with Crippen molar-refractivity contribution in [2.24, 2.45) is 58.2 Å². The van der Waals surface area contributed by atoms with Crippen molar-refractivity contribution in [1.29, 1.82) is 0 Å². The minimum absolute atomic E-state index is 0.164. The van der Waals surface area contributed by atoms with Gasteiger partial charge < -0.3 is 45.6 Å². The van der Waals surface area contributed by atoms with Crippen LogP contribution in [0.2, 0.25) is 0 Å². The van der Waals surface area contributed by atoms with Crippen LogP contribution in [0.4, 0.5) is 0 Å². The Balaban J connectivity index is 1.26. The summed E-state index contributed by atoms with van der Waals surface area (Å²) in [7, 11) is 0. The van der Waals surface area contributed by atoms with Gasteiger partial charge in [-0.2, -0.15) is 0 Å². The van der Waals surface area contributed by atoms with Gasteiger partial charge in [0.15, 0.2) is 11.6 Å². The highest BCUT2D eigenvalue weighted by Crippen LogP contribution is 2.83. The van der Waals surface area contributed by atoms with Gasteiger partial charge in [0.05, 0.1) is 36.6 Å². The molecule has 0 amide bonds. The monoisotopic (exact) mass is 710 g/mol. The van der Waals surface area contributed by atoms with E-state index in [-0.39, 0.29) is 12.8 Å². The second-order valence-corrected chi connectivity index (χ2v) is 18.9. The van der Waals surface area contributed by atoms with Gasteiger partial charge in [-0.15, -0.1) is 0 Å². The smallest absolute Gasteiger partial charge is 0.190 e. The summed E-state index contributed by atoms with van der Waals surface area (Å²) >= 11 is 0. The van der Waals surface area contributed by atoms with E-state index in [4.69, 9.17) is 4.74 Å². The topological polar surface area (TPSA) is 205 Å². The molecule has 8 aliphatic rings. The molecule has 0 saturated heterocycles. The maximum absolute atomic E-state index is 13.4. The van der Waals surface area contributed by atoms with Crippen molar-refractivity contribution in [3.8, 4) is 0 Å². The first-order chi connectivity index (χ1) is 23.5. The maximum atomic E-state index is 13.4. The fraction of sp³-hybridized carbons (Fsp3) is 0.750. The first kappa shape index (κ1) is 35.9. The Morgan fingerprint density at radius 3 is 1.29 bits per heavy atom. The van der Waals surface area contributed by atoms with Crippen molar-refractivity contribution in [2.45, 2.75) is 114 Å². The van der Waals surface area contributed by atoms with Crippen molar-refractivity contribution in [2.75, 3.05) is 13.2 Å². The molecule has 0 unspecified atom stereocenters. The molecule has 0 heterocycles. The number of Topliss-reactive ketones (excluding diaryl/α,β-unsaturated/α-hetero) is 2. The summed E-state index contributed by atoms with van der Waals surface area (Å²) in [4.78, 5) is 26.8. The molecule has 4 fully saturated rings. The lowest BCUT2D eigenvalue weighted by Gasteiger charge is -2.55. The van der Waals surface area contributed by atoms with Crippen LogP contribution < -0.4 is 0 Å². The molecule has 4 saturated carbocycles. The van der Waals surface area contributed by atoms with Crippen LogP contribution in [0.5, 0.6) is 0 Å². The maximum Gasteiger partial charge on any atom is 0.190 e. The largest absolute Gasteiger partial charge is 0.392 e. The lowest BCUT2D eigenvalue weighted by Crippen LogP contribution is -2.68. The average Bonchev–Trinajstić information content (AvgIpc) is 3.71. The predicted molar refractivity (Wildman–Crippen MR) is 182 cm³/mol. The van der Waals surface area contributed by atoms with E-state index in [1.165, 1.54) is 0 Å². The summed E-state index contributed by atoms with van der Waals surface area (Å²) in [6.45, 7) is 13.4. The van der Waals surface area contributed by atoms with Crippen LogP contribution in [0.25, 0.3) is 0 Å². The summed E-state index contributed by atoms with van der Waals surface area (Å²) in [6, 6.07) is 0. The van der Waals surface area contributed by atoms with Crippen LogP contribution in [-0.2, 0) is 14.3 Å². The zero-order valence-electron chi connectivity index (χ0n) is 30.7. The van der Waals surface area contributed by atoms with Gasteiger partial charge in [-0.25, -0.2) is 0 Å². The number of carbonyl (C=O) groups excluding carboxylic acids is 2. The number of fused-ring (bicyclic) bond motifs is 10. The molecule has 8 N–H and O–H groups in total. The molecule has 0 aliphatic heterocycles. The van der Waals surface area contributed by atoms with Gasteiger partial charge in [-0.3, -0.25) is 9.59 Å². The molecule has 0 radical (unpaired) electrons. The third-order valence-corrected chi connectivity index (χ3v) is 16.3. The van der Waals surface area contributed by atoms with E-state index < -0.39 is 129 Å². The summed E-state index contributed by atoms with van der Waals surface area (Å²) in [5, 5.41) is 95.6. The molecule has 0 aromatic carbocycles. The Hall–Kier alpha value is -2.06. The van der Waals surface area contributed by atoms with Crippen LogP contribution in [0.3, 0.4) is 0 Å². The van der Waals surface area contributed by atoms with Crippen LogP contribution in [-0.4, -0.2) is 111 Å². The minimum atomic E-state index is -2.00. The SMILES string of the molecule is CC1=C[C@H]2[C@@]3(O)[C@H](C)[C@@H](O)[C@@]4(O[C@]56[C@H](O)[C@@H](C)[C@@]7(O)[C@@H](C=C(CO)C[C@]8(O)C(=O)C(C)=C[C@@H]78)[C@@H]5C6(C)C)[C@H]([C@@H]3C=C(CO)C[C@]2(O)C1=O)C4(C)C. The third kappa shape index (κ3) is 3.59. The van der Waals surface area contributed by atoms with Crippen LogP contribution in [0, 0.1) is 58.2 Å². The standard InChI is InChI=1S/C40H54O11/c1-17-9-25-35(47,29(17)43)13-21(15-41)11-23-27-33(5,6)39(27,31(45)19(3)37(23,25)49)51-40-28(34(40,7)8)24-12-22(16-42)14-36(48)26(10-18(2)30(36)44)38(24,50)20(4)32(40)46/h9-12,19-20,23-28,31-32,41-42,45-50H,13-16H2,1-8H3/t19-,20-,23+,24+,25-,26-,27-,28-,31-,32-,35-,36-,37-,38-,39+,40+/m1/s1. The van der Waals surface area contributed by atoms with E-state index in [2.05, 4.69) is 0 Å². The highest BCUT2D eigenvalue weighted by molar-refractivity contribution is 6.05.